The van der Waals surface area contributed by atoms with Gasteiger partial charge in [-0.2, -0.15) is 13.2 Å². The molecule has 15 heavy (non-hydrogen) atoms. The largest absolute Gasteiger partial charge is 0.391 e. The molecule has 1 unspecified atom stereocenters. The van der Waals surface area contributed by atoms with Crippen molar-refractivity contribution in [2.45, 2.75) is 25.6 Å². The third-order valence-corrected chi connectivity index (χ3v) is 1.86. The normalized spacial score (nSPS) is 13.7. The fraction of sp³-hybridized carbons (Fsp3) is 0.444. The molecule has 1 rings (SSSR count). The second-order valence-corrected chi connectivity index (χ2v) is 3.60. The minimum atomic E-state index is -4.18. The molecule has 0 spiro atoms. The maximum atomic E-state index is 12.0. The highest BCUT2D eigenvalue weighted by molar-refractivity contribution is 6.29. The monoisotopic (exact) mass is 238 g/mol. The summed E-state index contributed by atoms with van der Waals surface area (Å²) in [7, 11) is 0. The minimum Gasteiger partial charge on any atom is -0.367 e. The van der Waals surface area contributed by atoms with E-state index >= 15 is 0 Å². The molecule has 1 N–H and O–H groups in total. The number of hydrogen-bond donors (Lipinski definition) is 1. The van der Waals surface area contributed by atoms with Gasteiger partial charge in [-0.1, -0.05) is 17.7 Å². The number of alkyl halides is 3. The molecule has 1 aromatic rings. The molecule has 0 aliphatic carbocycles. The molecule has 0 aliphatic heterocycles. The Morgan fingerprint density at radius 3 is 2.67 bits per heavy atom. The van der Waals surface area contributed by atoms with Crippen LogP contribution in [0.15, 0.2) is 18.2 Å². The predicted molar refractivity (Wildman–Crippen MR) is 53.0 cm³/mol. The first-order chi connectivity index (χ1) is 6.87. The Labute approximate surface area is 90.5 Å². The minimum absolute atomic E-state index is 0.249. The third-order valence-electron chi connectivity index (χ3n) is 1.65. The van der Waals surface area contributed by atoms with E-state index in [-0.39, 0.29) is 5.15 Å². The van der Waals surface area contributed by atoms with Crippen molar-refractivity contribution in [3.05, 3.63) is 23.4 Å². The van der Waals surface area contributed by atoms with Crippen molar-refractivity contribution >= 4 is 17.4 Å². The smallest absolute Gasteiger partial charge is 0.367 e. The predicted octanol–water partition coefficient (Wildman–Crippen LogP) is 3.49. The van der Waals surface area contributed by atoms with Crippen molar-refractivity contribution < 1.29 is 13.2 Å². The van der Waals surface area contributed by atoms with Gasteiger partial charge in [-0.15, -0.1) is 0 Å². The first kappa shape index (κ1) is 12.1. The molecule has 2 nitrogen and oxygen atoms in total. The molecule has 1 aromatic heterocycles. The molecule has 1 atom stereocenters. The van der Waals surface area contributed by atoms with Crippen molar-refractivity contribution in [1.29, 1.82) is 0 Å². The number of nitrogens with zero attached hydrogens (tertiary/aromatic N) is 1. The van der Waals surface area contributed by atoms with Gasteiger partial charge in [0.1, 0.15) is 11.0 Å². The molecule has 84 valence electrons. The van der Waals surface area contributed by atoms with E-state index in [0.717, 1.165) is 0 Å². The van der Waals surface area contributed by atoms with Crippen LogP contribution in [0, 0.1) is 0 Å². The van der Waals surface area contributed by atoms with Gasteiger partial charge < -0.3 is 5.32 Å². The lowest BCUT2D eigenvalue weighted by atomic mass is 10.2. The van der Waals surface area contributed by atoms with Crippen molar-refractivity contribution in [2.24, 2.45) is 0 Å². The number of anilines is 1. The Hall–Kier alpha value is -0.970. The summed E-state index contributed by atoms with van der Waals surface area (Å²) in [6.45, 7) is 1.44. The van der Waals surface area contributed by atoms with Crippen molar-refractivity contribution in [3.63, 3.8) is 0 Å². The zero-order valence-electron chi connectivity index (χ0n) is 7.98. The Morgan fingerprint density at radius 1 is 1.47 bits per heavy atom. The van der Waals surface area contributed by atoms with E-state index in [1.54, 1.807) is 18.2 Å². The number of halogens is 4. The quantitative estimate of drug-likeness (QED) is 0.816. The van der Waals surface area contributed by atoms with E-state index in [4.69, 9.17) is 11.6 Å². The summed E-state index contributed by atoms with van der Waals surface area (Å²) in [5.41, 5.74) is 0. The summed E-state index contributed by atoms with van der Waals surface area (Å²) in [6, 6.07) is 4.02. The van der Waals surface area contributed by atoms with Crippen molar-refractivity contribution in [2.75, 3.05) is 5.32 Å². The summed E-state index contributed by atoms with van der Waals surface area (Å²) >= 11 is 5.59. The fourth-order valence-corrected chi connectivity index (χ4v) is 1.30. The summed E-state index contributed by atoms with van der Waals surface area (Å²) in [6.07, 6.45) is -5.08. The Morgan fingerprint density at radius 2 is 2.13 bits per heavy atom. The van der Waals surface area contributed by atoms with Crippen LogP contribution in [0.2, 0.25) is 5.15 Å². The van der Waals surface area contributed by atoms with Gasteiger partial charge in [0.05, 0.1) is 6.42 Å². The Kier molecular flexibility index (Phi) is 3.79. The SMILES string of the molecule is CC(CC(F)(F)F)Nc1cccc(Cl)n1. The second-order valence-electron chi connectivity index (χ2n) is 3.21. The van der Waals surface area contributed by atoms with Crippen LogP contribution in [0.25, 0.3) is 0 Å². The molecule has 6 heteroatoms. The van der Waals surface area contributed by atoms with Gasteiger partial charge in [-0.25, -0.2) is 4.98 Å². The molecule has 0 bridgehead atoms. The van der Waals surface area contributed by atoms with Crippen molar-refractivity contribution in [3.8, 4) is 0 Å². The molecule has 0 radical (unpaired) electrons. The summed E-state index contributed by atoms with van der Waals surface area (Å²) < 4.78 is 36.0. The average Bonchev–Trinajstić information content (AvgIpc) is 1.99. The lowest BCUT2D eigenvalue weighted by Gasteiger charge is -2.16. The lowest BCUT2D eigenvalue weighted by molar-refractivity contribution is -0.136. The third kappa shape index (κ3) is 4.88. The number of aromatic nitrogens is 1. The molecule has 0 saturated carbocycles. The average molecular weight is 239 g/mol. The summed E-state index contributed by atoms with van der Waals surface area (Å²) in [5, 5.41) is 2.87. The maximum Gasteiger partial charge on any atom is 0.391 e. The van der Waals surface area contributed by atoms with Crippen LogP contribution in [0.4, 0.5) is 19.0 Å². The summed E-state index contributed by atoms with van der Waals surface area (Å²) in [4.78, 5) is 3.83. The second kappa shape index (κ2) is 4.70. The number of nitrogens with one attached hydrogen (secondary N) is 1. The van der Waals surface area contributed by atoms with Crippen LogP contribution in [-0.4, -0.2) is 17.2 Å². The van der Waals surface area contributed by atoms with Crippen LogP contribution >= 0.6 is 11.6 Å². The van der Waals surface area contributed by atoms with E-state index in [1.807, 2.05) is 0 Å². The van der Waals surface area contributed by atoms with Gasteiger partial charge in [0.25, 0.3) is 0 Å². The highest BCUT2D eigenvalue weighted by Crippen LogP contribution is 2.23. The zero-order chi connectivity index (χ0) is 11.5. The molecule has 0 amide bonds. The molecule has 0 aromatic carbocycles. The van der Waals surface area contributed by atoms with Gasteiger partial charge in [0.2, 0.25) is 0 Å². The Bertz CT molecular complexity index is 327. The van der Waals surface area contributed by atoms with Gasteiger partial charge in [-0.3, -0.25) is 0 Å². The fourth-order valence-electron chi connectivity index (χ4n) is 1.14. The number of hydrogen-bond acceptors (Lipinski definition) is 2. The van der Waals surface area contributed by atoms with Crippen LogP contribution < -0.4 is 5.32 Å². The standard InChI is InChI=1S/C9H10ClF3N2/c1-6(5-9(11,12)13)14-8-4-2-3-7(10)15-8/h2-4,6H,5H2,1H3,(H,14,15). The van der Waals surface area contributed by atoms with Crippen LogP contribution in [-0.2, 0) is 0 Å². The van der Waals surface area contributed by atoms with Gasteiger partial charge >= 0.3 is 6.18 Å². The maximum absolute atomic E-state index is 12.0. The highest BCUT2D eigenvalue weighted by atomic mass is 35.5. The van der Waals surface area contributed by atoms with Gasteiger partial charge in [0.15, 0.2) is 0 Å². The molecule has 0 saturated heterocycles. The van der Waals surface area contributed by atoms with Crippen LogP contribution in [0.1, 0.15) is 13.3 Å². The first-order valence-corrected chi connectivity index (χ1v) is 4.70. The van der Waals surface area contributed by atoms with E-state index in [1.165, 1.54) is 6.92 Å². The highest BCUT2D eigenvalue weighted by Gasteiger charge is 2.29. The first-order valence-electron chi connectivity index (χ1n) is 4.32. The van der Waals surface area contributed by atoms with Crippen LogP contribution in [0.5, 0.6) is 0 Å². The lowest BCUT2D eigenvalue weighted by Crippen LogP contribution is -2.24. The van der Waals surface area contributed by atoms with E-state index < -0.39 is 18.6 Å². The summed E-state index contributed by atoms with van der Waals surface area (Å²) in [5.74, 6) is 0.347. The topological polar surface area (TPSA) is 24.9 Å². The molecule has 1 heterocycles. The van der Waals surface area contributed by atoms with Crippen LogP contribution in [0.3, 0.4) is 0 Å². The zero-order valence-corrected chi connectivity index (χ0v) is 8.73. The van der Waals surface area contributed by atoms with Gasteiger partial charge in [-0.05, 0) is 19.1 Å². The van der Waals surface area contributed by atoms with Gasteiger partial charge in [0, 0.05) is 6.04 Å². The van der Waals surface area contributed by atoms with E-state index in [0.29, 0.717) is 5.82 Å². The molecule has 0 aliphatic rings. The Balaban J connectivity index is 2.55. The van der Waals surface area contributed by atoms with E-state index in [2.05, 4.69) is 10.3 Å². The molecular weight excluding hydrogens is 229 g/mol. The number of pyridine rings is 1. The van der Waals surface area contributed by atoms with Crippen molar-refractivity contribution in [1.82, 2.24) is 4.98 Å². The van der Waals surface area contributed by atoms with E-state index in [9.17, 15) is 13.2 Å². The number of rotatable bonds is 3. The molecule has 0 fully saturated rings. The molecular formula is C9H10ClF3N2.